The summed E-state index contributed by atoms with van der Waals surface area (Å²) in [6, 6.07) is 14.7. The fraction of sp³-hybridized carbons (Fsp3) is 0.400. The monoisotopic (exact) mass is 338 g/mol. The smallest absolute Gasteiger partial charge is 0.218 e. The van der Waals surface area contributed by atoms with E-state index in [-0.39, 0.29) is 5.41 Å². The van der Waals surface area contributed by atoms with Crippen molar-refractivity contribution in [1.29, 1.82) is 0 Å². The van der Waals surface area contributed by atoms with Crippen LogP contribution in [0.3, 0.4) is 0 Å². The Labute approximate surface area is 149 Å². The van der Waals surface area contributed by atoms with Crippen molar-refractivity contribution in [3.05, 3.63) is 59.8 Å². The van der Waals surface area contributed by atoms with Crippen LogP contribution in [-0.4, -0.2) is 31.6 Å². The van der Waals surface area contributed by atoms with E-state index in [0.29, 0.717) is 12.4 Å². The molecule has 3 rings (SSSR count). The van der Waals surface area contributed by atoms with E-state index >= 15 is 0 Å². The Bertz CT molecular complexity index is 711. The molecule has 0 aliphatic heterocycles. The lowest BCUT2D eigenvalue weighted by Crippen LogP contribution is -2.48. The van der Waals surface area contributed by atoms with Crippen molar-refractivity contribution in [3.63, 3.8) is 0 Å². The highest BCUT2D eigenvalue weighted by Crippen LogP contribution is 2.43. The molecule has 0 atom stereocenters. The number of benzene rings is 1. The van der Waals surface area contributed by atoms with Crippen LogP contribution in [-0.2, 0) is 12.0 Å². The Kier molecular flexibility index (Phi) is 5.53. The highest BCUT2D eigenvalue weighted by atomic mass is 16.5. The molecule has 2 N–H and O–H groups in total. The summed E-state index contributed by atoms with van der Waals surface area (Å²) in [5, 5.41) is 6.85. The fourth-order valence-corrected chi connectivity index (χ4v) is 3.36. The van der Waals surface area contributed by atoms with E-state index in [2.05, 4.69) is 50.9 Å². The Hall–Kier alpha value is -2.56. The molecule has 1 aliphatic carbocycles. The highest BCUT2D eigenvalue weighted by Gasteiger charge is 2.38. The summed E-state index contributed by atoms with van der Waals surface area (Å²) in [5.41, 5.74) is 2.65. The van der Waals surface area contributed by atoms with Gasteiger partial charge in [-0.15, -0.1) is 0 Å². The molecule has 1 saturated carbocycles. The van der Waals surface area contributed by atoms with Crippen molar-refractivity contribution in [1.82, 2.24) is 15.6 Å². The highest BCUT2D eigenvalue weighted by molar-refractivity contribution is 5.79. The van der Waals surface area contributed by atoms with E-state index in [1.807, 2.05) is 12.1 Å². The van der Waals surface area contributed by atoms with Gasteiger partial charge in [-0.3, -0.25) is 4.99 Å². The topological polar surface area (TPSA) is 58.5 Å². The van der Waals surface area contributed by atoms with Gasteiger partial charge in [0.1, 0.15) is 0 Å². The van der Waals surface area contributed by atoms with Gasteiger partial charge in [-0.25, -0.2) is 4.98 Å². The number of hydrogen-bond donors (Lipinski definition) is 2. The van der Waals surface area contributed by atoms with Crippen LogP contribution in [0, 0.1) is 0 Å². The van der Waals surface area contributed by atoms with Crippen molar-refractivity contribution in [2.75, 3.05) is 20.7 Å². The number of rotatable bonds is 6. The second-order valence-corrected chi connectivity index (χ2v) is 6.45. The first-order chi connectivity index (χ1) is 12.3. The molecule has 5 heteroatoms. The third-order valence-electron chi connectivity index (χ3n) is 5.00. The molecule has 5 nitrogen and oxygen atoms in total. The van der Waals surface area contributed by atoms with E-state index in [9.17, 15) is 0 Å². The van der Waals surface area contributed by atoms with Crippen molar-refractivity contribution in [3.8, 4) is 5.88 Å². The lowest BCUT2D eigenvalue weighted by Gasteiger charge is -2.43. The maximum Gasteiger partial charge on any atom is 0.218 e. The number of ether oxygens (including phenoxy) is 1. The molecule has 0 bridgehead atoms. The zero-order valence-electron chi connectivity index (χ0n) is 15.0. The average molecular weight is 338 g/mol. The summed E-state index contributed by atoms with van der Waals surface area (Å²) in [4.78, 5) is 8.57. The Morgan fingerprint density at radius 3 is 2.60 bits per heavy atom. The molecule has 132 valence electrons. The standard InChI is InChI=1S/C20H26N4O/c1-21-19(23-14-16-8-6-13-22-18(16)25-2)24-15-20(11-7-12-20)17-9-4-3-5-10-17/h3-6,8-10,13H,7,11-12,14-15H2,1-2H3,(H2,21,23,24). The number of nitrogens with zero attached hydrogens (tertiary/aromatic N) is 2. The maximum absolute atomic E-state index is 5.30. The van der Waals surface area contributed by atoms with E-state index in [0.717, 1.165) is 18.1 Å². The van der Waals surface area contributed by atoms with Gasteiger partial charge in [0.2, 0.25) is 5.88 Å². The molecule has 25 heavy (non-hydrogen) atoms. The lowest BCUT2D eigenvalue weighted by atomic mass is 9.64. The SMILES string of the molecule is CN=C(NCc1cccnc1OC)NCC1(c2ccccc2)CCC1. The first-order valence-corrected chi connectivity index (χ1v) is 8.75. The number of methoxy groups -OCH3 is 1. The van der Waals surface area contributed by atoms with Gasteiger partial charge in [-0.2, -0.15) is 0 Å². The van der Waals surface area contributed by atoms with Gasteiger partial charge in [-0.05, 0) is 24.5 Å². The van der Waals surface area contributed by atoms with Crippen LogP contribution in [0.2, 0.25) is 0 Å². The summed E-state index contributed by atoms with van der Waals surface area (Å²) < 4.78 is 5.30. The van der Waals surface area contributed by atoms with Gasteiger partial charge in [-0.1, -0.05) is 42.8 Å². The minimum Gasteiger partial charge on any atom is -0.481 e. The number of aromatic nitrogens is 1. The van der Waals surface area contributed by atoms with Gasteiger partial charge < -0.3 is 15.4 Å². The molecule has 0 amide bonds. The normalized spacial score (nSPS) is 16.0. The Morgan fingerprint density at radius 1 is 1.16 bits per heavy atom. The van der Waals surface area contributed by atoms with Crippen molar-refractivity contribution < 1.29 is 4.74 Å². The second kappa shape index (κ2) is 8.01. The number of aliphatic imine (C=N–C) groups is 1. The van der Waals surface area contributed by atoms with Crippen LogP contribution < -0.4 is 15.4 Å². The molecule has 0 saturated heterocycles. The summed E-state index contributed by atoms with van der Waals surface area (Å²) in [6.07, 6.45) is 5.46. The van der Waals surface area contributed by atoms with Crippen LogP contribution in [0.1, 0.15) is 30.4 Å². The second-order valence-electron chi connectivity index (χ2n) is 6.45. The van der Waals surface area contributed by atoms with E-state index in [1.165, 1.54) is 24.8 Å². The molecule has 0 radical (unpaired) electrons. The third kappa shape index (κ3) is 3.92. The molecular formula is C20H26N4O. The molecule has 1 heterocycles. The molecule has 1 aromatic heterocycles. The number of guanidine groups is 1. The molecule has 1 fully saturated rings. The molecule has 0 unspecified atom stereocenters. The number of nitrogens with one attached hydrogen (secondary N) is 2. The molecular weight excluding hydrogens is 312 g/mol. The van der Waals surface area contributed by atoms with Gasteiger partial charge >= 0.3 is 0 Å². The summed E-state index contributed by atoms with van der Waals surface area (Å²) in [5.74, 6) is 1.44. The predicted molar refractivity (Wildman–Crippen MR) is 101 cm³/mol. The van der Waals surface area contributed by atoms with Gasteiger partial charge in [0.15, 0.2) is 5.96 Å². The summed E-state index contributed by atoms with van der Waals surface area (Å²) in [6.45, 7) is 1.51. The number of pyridine rings is 1. The van der Waals surface area contributed by atoms with E-state index in [1.54, 1.807) is 20.4 Å². The van der Waals surface area contributed by atoms with Gasteiger partial charge in [0, 0.05) is 37.3 Å². The fourth-order valence-electron chi connectivity index (χ4n) is 3.36. The lowest BCUT2D eigenvalue weighted by molar-refractivity contribution is 0.244. The average Bonchev–Trinajstić information content (AvgIpc) is 2.64. The number of hydrogen-bond acceptors (Lipinski definition) is 3. The van der Waals surface area contributed by atoms with Crippen LogP contribution in [0.25, 0.3) is 0 Å². The zero-order valence-corrected chi connectivity index (χ0v) is 15.0. The molecule has 2 aromatic rings. The largest absolute Gasteiger partial charge is 0.481 e. The first-order valence-electron chi connectivity index (χ1n) is 8.75. The summed E-state index contributed by atoms with van der Waals surface area (Å²) >= 11 is 0. The van der Waals surface area contributed by atoms with Gasteiger partial charge in [0.25, 0.3) is 0 Å². The van der Waals surface area contributed by atoms with Crippen LogP contribution in [0.4, 0.5) is 0 Å². The Balaban J connectivity index is 1.59. The third-order valence-corrected chi connectivity index (χ3v) is 5.00. The molecule has 0 spiro atoms. The van der Waals surface area contributed by atoms with Crippen LogP contribution in [0.15, 0.2) is 53.7 Å². The van der Waals surface area contributed by atoms with Crippen molar-refractivity contribution >= 4 is 5.96 Å². The zero-order chi connectivity index (χ0) is 17.5. The molecule has 1 aromatic carbocycles. The first kappa shape index (κ1) is 17.3. The minimum atomic E-state index is 0.227. The quantitative estimate of drug-likeness (QED) is 0.628. The maximum atomic E-state index is 5.30. The van der Waals surface area contributed by atoms with E-state index in [4.69, 9.17) is 4.74 Å². The Morgan fingerprint density at radius 2 is 1.96 bits per heavy atom. The van der Waals surface area contributed by atoms with Gasteiger partial charge in [0.05, 0.1) is 7.11 Å². The van der Waals surface area contributed by atoms with Crippen molar-refractivity contribution in [2.45, 2.75) is 31.2 Å². The van der Waals surface area contributed by atoms with Crippen molar-refractivity contribution in [2.24, 2.45) is 4.99 Å². The minimum absolute atomic E-state index is 0.227. The predicted octanol–water partition coefficient (Wildman–Crippen LogP) is 2.88. The van der Waals surface area contributed by atoms with E-state index < -0.39 is 0 Å². The molecule has 1 aliphatic rings. The van der Waals surface area contributed by atoms with Crippen LogP contribution in [0.5, 0.6) is 5.88 Å². The van der Waals surface area contributed by atoms with Crippen LogP contribution >= 0.6 is 0 Å². The summed E-state index contributed by atoms with van der Waals surface area (Å²) in [7, 11) is 3.44.